The van der Waals surface area contributed by atoms with Gasteiger partial charge in [0, 0.05) is 11.4 Å². The Morgan fingerprint density at radius 1 is 1.60 bits per heavy atom. The van der Waals surface area contributed by atoms with Gasteiger partial charge in [-0.15, -0.1) is 11.3 Å². The van der Waals surface area contributed by atoms with E-state index < -0.39 is 0 Å². The van der Waals surface area contributed by atoms with E-state index in [0.717, 1.165) is 31.5 Å². The number of nitrogen functional groups attached to an aromatic ring is 1. The van der Waals surface area contributed by atoms with E-state index in [1.807, 2.05) is 0 Å². The summed E-state index contributed by atoms with van der Waals surface area (Å²) in [4.78, 5) is 12.7. The number of nitrogens with one attached hydrogen (secondary N) is 1. The van der Waals surface area contributed by atoms with E-state index in [1.54, 1.807) is 0 Å². The Kier molecular flexibility index (Phi) is 2.93. The van der Waals surface area contributed by atoms with E-state index in [0.29, 0.717) is 10.6 Å². The van der Waals surface area contributed by atoms with Gasteiger partial charge in [0.25, 0.3) is 0 Å². The lowest BCUT2D eigenvalue weighted by atomic mass is 10.1. The molecule has 0 aliphatic carbocycles. The Labute approximate surface area is 92.4 Å². The molecule has 0 fully saturated rings. The molecule has 2 heterocycles. The summed E-state index contributed by atoms with van der Waals surface area (Å²) in [5.41, 5.74) is 7.50. The molecule has 0 saturated heterocycles. The van der Waals surface area contributed by atoms with Crippen LogP contribution in [0.25, 0.3) is 0 Å². The minimum absolute atomic E-state index is 0.313. The van der Waals surface area contributed by atoms with Gasteiger partial charge in [-0.05, 0) is 24.9 Å². The Balaban J connectivity index is 2.44. The van der Waals surface area contributed by atoms with Crippen molar-refractivity contribution in [1.29, 1.82) is 0 Å². The van der Waals surface area contributed by atoms with Gasteiger partial charge in [0.05, 0.1) is 12.7 Å². The number of hydrogen-bond acceptors (Lipinski definition) is 5. The topological polar surface area (TPSA) is 64.3 Å². The highest BCUT2D eigenvalue weighted by atomic mass is 32.1. The summed E-state index contributed by atoms with van der Waals surface area (Å²) >= 11 is 1.49. The van der Waals surface area contributed by atoms with Crippen molar-refractivity contribution in [2.75, 3.05) is 19.4 Å². The first-order valence-electron chi connectivity index (χ1n) is 4.93. The summed E-state index contributed by atoms with van der Waals surface area (Å²) in [5.74, 6) is -0.313. The summed E-state index contributed by atoms with van der Waals surface area (Å²) in [5, 5.41) is 3.88. The number of anilines is 1. The van der Waals surface area contributed by atoms with E-state index in [9.17, 15) is 4.79 Å². The molecule has 5 heteroatoms. The van der Waals surface area contributed by atoms with Crippen molar-refractivity contribution < 1.29 is 9.53 Å². The lowest BCUT2D eigenvalue weighted by Crippen LogP contribution is -2.11. The number of esters is 1. The molecule has 1 aromatic rings. The third-order valence-corrected chi connectivity index (χ3v) is 3.63. The van der Waals surface area contributed by atoms with Crippen molar-refractivity contribution in [3.63, 3.8) is 0 Å². The highest BCUT2D eigenvalue weighted by molar-refractivity contribution is 7.16. The number of carbonyl (C=O) groups is 1. The monoisotopic (exact) mass is 226 g/mol. The van der Waals surface area contributed by atoms with Crippen molar-refractivity contribution in [2.24, 2.45) is 0 Å². The molecule has 3 N–H and O–H groups in total. The van der Waals surface area contributed by atoms with Crippen LogP contribution in [-0.2, 0) is 17.7 Å². The molecular weight excluding hydrogens is 212 g/mol. The Morgan fingerprint density at radius 3 is 3.13 bits per heavy atom. The summed E-state index contributed by atoms with van der Waals surface area (Å²) in [6.07, 6.45) is 1.94. The number of thiophene rings is 1. The standard InChI is InChI=1S/C10H14N2O2S/c1-14-10(13)8-6-3-2-4-12-5-7(6)15-9(8)11/h12H,2-5,11H2,1H3. The van der Waals surface area contributed by atoms with Crippen molar-refractivity contribution in [3.8, 4) is 0 Å². The molecule has 2 rings (SSSR count). The minimum atomic E-state index is -0.313. The molecule has 0 bridgehead atoms. The number of fused-ring (bicyclic) bond motifs is 1. The zero-order valence-corrected chi connectivity index (χ0v) is 9.45. The molecule has 1 aliphatic heterocycles. The smallest absolute Gasteiger partial charge is 0.341 e. The van der Waals surface area contributed by atoms with Gasteiger partial charge in [-0.3, -0.25) is 0 Å². The van der Waals surface area contributed by atoms with E-state index in [2.05, 4.69) is 5.32 Å². The molecule has 1 aliphatic rings. The van der Waals surface area contributed by atoms with E-state index >= 15 is 0 Å². The van der Waals surface area contributed by atoms with Gasteiger partial charge in [0.2, 0.25) is 0 Å². The molecule has 1 aromatic heterocycles. The first-order valence-corrected chi connectivity index (χ1v) is 5.74. The molecule has 0 amide bonds. The van der Waals surface area contributed by atoms with Gasteiger partial charge in [-0.1, -0.05) is 0 Å². The molecule has 0 atom stereocenters. The molecule has 0 unspecified atom stereocenters. The first kappa shape index (κ1) is 10.4. The average molecular weight is 226 g/mol. The summed E-state index contributed by atoms with van der Waals surface area (Å²) in [7, 11) is 1.39. The van der Waals surface area contributed by atoms with Crippen molar-refractivity contribution in [3.05, 3.63) is 16.0 Å². The van der Waals surface area contributed by atoms with Gasteiger partial charge < -0.3 is 15.8 Å². The maximum atomic E-state index is 11.6. The van der Waals surface area contributed by atoms with Crippen LogP contribution >= 0.6 is 11.3 Å². The second-order valence-electron chi connectivity index (χ2n) is 3.51. The van der Waals surface area contributed by atoms with Crippen LogP contribution < -0.4 is 11.1 Å². The van der Waals surface area contributed by atoms with E-state index in [1.165, 1.54) is 23.3 Å². The van der Waals surface area contributed by atoms with Crippen LogP contribution in [0, 0.1) is 0 Å². The largest absolute Gasteiger partial charge is 0.465 e. The van der Waals surface area contributed by atoms with Crippen molar-refractivity contribution in [2.45, 2.75) is 19.4 Å². The first-order chi connectivity index (χ1) is 7.24. The van der Waals surface area contributed by atoms with Crippen LogP contribution in [0.1, 0.15) is 27.2 Å². The second kappa shape index (κ2) is 4.20. The maximum absolute atomic E-state index is 11.6. The summed E-state index contributed by atoms with van der Waals surface area (Å²) in [6, 6.07) is 0. The molecular formula is C10H14N2O2S. The van der Waals surface area contributed by atoms with Gasteiger partial charge in [-0.25, -0.2) is 4.79 Å². The fourth-order valence-electron chi connectivity index (χ4n) is 1.86. The van der Waals surface area contributed by atoms with Gasteiger partial charge in [0.15, 0.2) is 0 Å². The zero-order chi connectivity index (χ0) is 10.8. The van der Waals surface area contributed by atoms with Gasteiger partial charge in [0.1, 0.15) is 5.00 Å². The zero-order valence-electron chi connectivity index (χ0n) is 8.63. The minimum Gasteiger partial charge on any atom is -0.465 e. The quantitative estimate of drug-likeness (QED) is 0.705. The third-order valence-electron chi connectivity index (χ3n) is 2.57. The highest BCUT2D eigenvalue weighted by Gasteiger charge is 2.23. The maximum Gasteiger partial charge on any atom is 0.341 e. The number of rotatable bonds is 1. The SMILES string of the molecule is COC(=O)c1c(N)sc2c1CCCNC2. The molecule has 0 spiro atoms. The van der Waals surface area contributed by atoms with Crippen LogP contribution in [-0.4, -0.2) is 19.6 Å². The molecule has 82 valence electrons. The lowest BCUT2D eigenvalue weighted by molar-refractivity contribution is 0.0601. The van der Waals surface area contributed by atoms with Crippen LogP contribution in [0.5, 0.6) is 0 Å². The number of methoxy groups -OCH3 is 1. The van der Waals surface area contributed by atoms with Crippen LogP contribution in [0.2, 0.25) is 0 Å². The average Bonchev–Trinajstić information content (AvgIpc) is 2.40. The van der Waals surface area contributed by atoms with Gasteiger partial charge in [-0.2, -0.15) is 0 Å². The molecule has 0 saturated carbocycles. The Hall–Kier alpha value is -1.07. The lowest BCUT2D eigenvalue weighted by Gasteiger charge is -2.02. The van der Waals surface area contributed by atoms with Crippen LogP contribution in [0.15, 0.2) is 0 Å². The van der Waals surface area contributed by atoms with E-state index in [-0.39, 0.29) is 5.97 Å². The Bertz CT molecular complexity index is 387. The normalized spacial score (nSPS) is 15.5. The predicted octanol–water partition coefficient (Wildman–Crippen LogP) is 1.15. The third kappa shape index (κ3) is 1.85. The van der Waals surface area contributed by atoms with Crippen LogP contribution in [0.4, 0.5) is 5.00 Å². The summed E-state index contributed by atoms with van der Waals surface area (Å²) in [6.45, 7) is 1.79. The van der Waals surface area contributed by atoms with Crippen LogP contribution in [0.3, 0.4) is 0 Å². The number of hydrogen-bond donors (Lipinski definition) is 2. The fraction of sp³-hybridized carbons (Fsp3) is 0.500. The highest BCUT2D eigenvalue weighted by Crippen LogP contribution is 2.33. The molecule has 0 aromatic carbocycles. The number of nitrogens with two attached hydrogens (primary N) is 1. The summed E-state index contributed by atoms with van der Waals surface area (Å²) < 4.78 is 4.75. The predicted molar refractivity (Wildman–Crippen MR) is 60.1 cm³/mol. The van der Waals surface area contributed by atoms with Gasteiger partial charge >= 0.3 is 5.97 Å². The fourth-order valence-corrected chi connectivity index (χ4v) is 2.93. The molecule has 0 radical (unpaired) electrons. The molecule has 15 heavy (non-hydrogen) atoms. The van der Waals surface area contributed by atoms with Crippen molar-refractivity contribution >= 4 is 22.3 Å². The molecule has 4 nitrogen and oxygen atoms in total. The number of carbonyl (C=O) groups excluding carboxylic acids is 1. The second-order valence-corrected chi connectivity index (χ2v) is 4.65. The Morgan fingerprint density at radius 2 is 2.40 bits per heavy atom. The number of ether oxygens (including phenoxy) is 1. The van der Waals surface area contributed by atoms with E-state index in [4.69, 9.17) is 10.5 Å². The van der Waals surface area contributed by atoms with Crippen molar-refractivity contribution in [1.82, 2.24) is 5.32 Å².